The molecule has 4 heteroatoms. The average molecular weight is 413 g/mol. The van der Waals surface area contributed by atoms with E-state index in [-0.39, 0.29) is 0 Å². The van der Waals surface area contributed by atoms with Crippen LogP contribution in [-0.2, 0) is 13.0 Å². The lowest BCUT2D eigenvalue weighted by Crippen LogP contribution is -2.03. The number of benzene rings is 2. The molecule has 0 aromatic heterocycles. The van der Waals surface area contributed by atoms with E-state index in [0.29, 0.717) is 13.2 Å². The summed E-state index contributed by atoms with van der Waals surface area (Å²) in [7, 11) is 0. The van der Waals surface area contributed by atoms with Crippen molar-refractivity contribution in [3.63, 3.8) is 0 Å². The van der Waals surface area contributed by atoms with E-state index in [1.54, 1.807) is 0 Å². The minimum absolute atomic E-state index is 0.552. The van der Waals surface area contributed by atoms with Crippen molar-refractivity contribution in [2.24, 2.45) is 5.73 Å². The van der Waals surface area contributed by atoms with E-state index in [1.165, 1.54) is 22.3 Å². The van der Waals surface area contributed by atoms with E-state index in [1.807, 2.05) is 0 Å². The molecule has 0 aliphatic rings. The highest BCUT2D eigenvalue weighted by molar-refractivity contribution is 9.11. The molecule has 0 bridgehead atoms. The van der Waals surface area contributed by atoms with Gasteiger partial charge < -0.3 is 10.5 Å². The van der Waals surface area contributed by atoms with Crippen LogP contribution in [0.2, 0.25) is 0 Å². The number of rotatable bonds is 5. The number of halogens is 2. The molecule has 0 atom stereocenters. The number of hydrogen-bond donors (Lipinski definition) is 1. The van der Waals surface area contributed by atoms with Crippen LogP contribution in [0.5, 0.6) is 5.75 Å². The molecule has 0 aliphatic heterocycles. The van der Waals surface area contributed by atoms with E-state index in [9.17, 15) is 0 Å². The molecule has 2 nitrogen and oxygen atoms in total. The highest BCUT2D eigenvalue weighted by atomic mass is 79.9. The van der Waals surface area contributed by atoms with Crippen LogP contribution in [-0.4, -0.2) is 6.54 Å². The average Bonchev–Trinajstić information content (AvgIpc) is 2.36. The van der Waals surface area contributed by atoms with E-state index in [4.69, 9.17) is 10.5 Å². The zero-order chi connectivity index (χ0) is 15.4. The molecule has 0 radical (unpaired) electrons. The lowest BCUT2D eigenvalue weighted by atomic mass is 10.1. The predicted molar refractivity (Wildman–Crippen MR) is 94.8 cm³/mol. The van der Waals surface area contributed by atoms with E-state index in [0.717, 1.165) is 21.1 Å². The standard InChI is InChI=1S/C17H19Br2NO/c1-11-5-12(2)7-14(6-11)10-21-17-15(18)8-13(3-4-20)9-16(17)19/h5-9H,3-4,10,20H2,1-2H3. The summed E-state index contributed by atoms with van der Waals surface area (Å²) in [6, 6.07) is 10.6. The van der Waals surface area contributed by atoms with Gasteiger partial charge in [0.1, 0.15) is 12.4 Å². The number of aryl methyl sites for hydroxylation is 2. The van der Waals surface area contributed by atoms with Gasteiger partial charge in [0.15, 0.2) is 0 Å². The van der Waals surface area contributed by atoms with Crippen LogP contribution in [0.1, 0.15) is 22.3 Å². The summed E-state index contributed by atoms with van der Waals surface area (Å²) < 4.78 is 7.87. The third-order valence-electron chi connectivity index (χ3n) is 3.16. The molecule has 0 fully saturated rings. The maximum atomic E-state index is 5.97. The van der Waals surface area contributed by atoms with Gasteiger partial charge in [-0.25, -0.2) is 0 Å². The molecule has 0 heterocycles. The van der Waals surface area contributed by atoms with Gasteiger partial charge in [-0.15, -0.1) is 0 Å². The first-order valence-corrected chi connectivity index (χ1v) is 8.46. The summed E-state index contributed by atoms with van der Waals surface area (Å²) in [6.07, 6.45) is 0.856. The Kier molecular flexibility index (Phi) is 5.85. The van der Waals surface area contributed by atoms with Crippen molar-refractivity contribution < 1.29 is 4.74 Å². The summed E-state index contributed by atoms with van der Waals surface area (Å²) in [6.45, 7) is 5.39. The monoisotopic (exact) mass is 411 g/mol. The summed E-state index contributed by atoms with van der Waals surface area (Å²) in [4.78, 5) is 0. The quantitative estimate of drug-likeness (QED) is 0.757. The first-order valence-electron chi connectivity index (χ1n) is 6.87. The van der Waals surface area contributed by atoms with Crippen molar-refractivity contribution in [3.05, 3.63) is 61.5 Å². The van der Waals surface area contributed by atoms with Crippen LogP contribution in [0.15, 0.2) is 39.3 Å². The Labute approximate surface area is 143 Å². The molecule has 2 aromatic rings. The maximum Gasteiger partial charge on any atom is 0.148 e. The second-order valence-electron chi connectivity index (χ2n) is 5.21. The van der Waals surface area contributed by atoms with Crippen molar-refractivity contribution in [2.75, 3.05) is 6.54 Å². The van der Waals surface area contributed by atoms with Crippen LogP contribution in [0, 0.1) is 13.8 Å². The molecule has 2 rings (SSSR count). The van der Waals surface area contributed by atoms with Gasteiger partial charge in [0, 0.05) is 0 Å². The lowest BCUT2D eigenvalue weighted by Gasteiger charge is -2.13. The third kappa shape index (κ3) is 4.56. The van der Waals surface area contributed by atoms with Crippen LogP contribution in [0.4, 0.5) is 0 Å². The van der Waals surface area contributed by atoms with Crippen molar-refractivity contribution >= 4 is 31.9 Å². The van der Waals surface area contributed by atoms with E-state index < -0.39 is 0 Å². The van der Waals surface area contributed by atoms with Gasteiger partial charge in [0.25, 0.3) is 0 Å². The molecule has 0 spiro atoms. The van der Waals surface area contributed by atoms with Crippen LogP contribution in [0.3, 0.4) is 0 Å². The zero-order valence-corrected chi connectivity index (χ0v) is 15.4. The Hall–Kier alpha value is -0.840. The Balaban J connectivity index is 2.16. The van der Waals surface area contributed by atoms with E-state index in [2.05, 4.69) is 76.0 Å². The summed E-state index contributed by atoms with van der Waals surface area (Å²) in [5.41, 5.74) is 10.5. The second kappa shape index (κ2) is 7.43. The van der Waals surface area contributed by atoms with Gasteiger partial charge >= 0.3 is 0 Å². The molecule has 112 valence electrons. The van der Waals surface area contributed by atoms with Crippen LogP contribution in [0.25, 0.3) is 0 Å². The SMILES string of the molecule is Cc1cc(C)cc(COc2c(Br)cc(CCN)cc2Br)c1. The van der Waals surface area contributed by atoms with Crippen molar-refractivity contribution in [2.45, 2.75) is 26.9 Å². The Morgan fingerprint density at radius 1 is 0.905 bits per heavy atom. The Morgan fingerprint density at radius 3 is 2.00 bits per heavy atom. The minimum Gasteiger partial charge on any atom is -0.487 e. The fraction of sp³-hybridized carbons (Fsp3) is 0.294. The summed E-state index contributed by atoms with van der Waals surface area (Å²) in [5, 5.41) is 0. The van der Waals surface area contributed by atoms with Gasteiger partial charge in [-0.2, -0.15) is 0 Å². The molecule has 0 amide bonds. The summed E-state index contributed by atoms with van der Waals surface area (Å²) >= 11 is 7.15. The Bertz CT molecular complexity index is 597. The molecule has 0 saturated heterocycles. The predicted octanol–water partition coefficient (Wildman–Crippen LogP) is 4.91. The fourth-order valence-corrected chi connectivity index (χ4v) is 3.88. The topological polar surface area (TPSA) is 35.2 Å². The smallest absolute Gasteiger partial charge is 0.148 e. The number of ether oxygens (including phenoxy) is 1. The summed E-state index contributed by atoms with van der Waals surface area (Å²) in [5.74, 6) is 0.829. The van der Waals surface area contributed by atoms with Gasteiger partial charge in [0.2, 0.25) is 0 Å². The molecule has 21 heavy (non-hydrogen) atoms. The largest absolute Gasteiger partial charge is 0.487 e. The number of hydrogen-bond acceptors (Lipinski definition) is 2. The molecule has 0 unspecified atom stereocenters. The van der Waals surface area contributed by atoms with Crippen molar-refractivity contribution in [3.8, 4) is 5.75 Å². The van der Waals surface area contributed by atoms with Gasteiger partial charge in [0.05, 0.1) is 8.95 Å². The Morgan fingerprint density at radius 2 is 1.48 bits per heavy atom. The van der Waals surface area contributed by atoms with Crippen molar-refractivity contribution in [1.82, 2.24) is 0 Å². The molecular weight excluding hydrogens is 394 g/mol. The van der Waals surface area contributed by atoms with Gasteiger partial charge in [-0.1, -0.05) is 29.3 Å². The first-order chi connectivity index (χ1) is 9.99. The maximum absolute atomic E-state index is 5.97. The molecular formula is C17H19Br2NO. The molecule has 2 aromatic carbocycles. The van der Waals surface area contributed by atoms with Crippen LogP contribution < -0.4 is 10.5 Å². The lowest BCUT2D eigenvalue weighted by molar-refractivity contribution is 0.302. The highest BCUT2D eigenvalue weighted by Crippen LogP contribution is 2.35. The molecule has 0 saturated carbocycles. The van der Waals surface area contributed by atoms with Crippen LogP contribution >= 0.6 is 31.9 Å². The van der Waals surface area contributed by atoms with E-state index >= 15 is 0 Å². The second-order valence-corrected chi connectivity index (χ2v) is 6.92. The number of nitrogens with two attached hydrogens (primary N) is 1. The normalized spacial score (nSPS) is 10.7. The van der Waals surface area contributed by atoms with Crippen molar-refractivity contribution in [1.29, 1.82) is 0 Å². The zero-order valence-electron chi connectivity index (χ0n) is 12.2. The minimum atomic E-state index is 0.552. The third-order valence-corrected chi connectivity index (χ3v) is 4.33. The highest BCUT2D eigenvalue weighted by Gasteiger charge is 2.09. The molecule has 0 aliphatic carbocycles. The molecule has 2 N–H and O–H groups in total. The first kappa shape index (κ1) is 16.5. The van der Waals surface area contributed by atoms with Gasteiger partial charge in [-0.05, 0) is 81.9 Å². The van der Waals surface area contributed by atoms with Gasteiger partial charge in [-0.3, -0.25) is 0 Å². The fourth-order valence-electron chi connectivity index (χ4n) is 2.37.